The normalized spacial score (nSPS) is 12.1. The van der Waals surface area contributed by atoms with Crippen LogP contribution in [0.5, 0.6) is 5.75 Å². The lowest BCUT2D eigenvalue weighted by Gasteiger charge is -2.19. The summed E-state index contributed by atoms with van der Waals surface area (Å²) in [6.45, 7) is 3.63. The fourth-order valence-electron chi connectivity index (χ4n) is 2.76. The van der Waals surface area contributed by atoms with Crippen molar-refractivity contribution in [3.8, 4) is 5.75 Å². The number of para-hydroxylation sites is 1. The van der Waals surface area contributed by atoms with Crippen LogP contribution in [0.3, 0.4) is 0 Å². The zero-order chi connectivity index (χ0) is 21.7. The highest BCUT2D eigenvalue weighted by atomic mass is 32.2. The smallest absolute Gasteiger partial charge is 0.265 e. The highest BCUT2D eigenvalue weighted by Crippen LogP contribution is 2.23. The molecule has 0 heterocycles. The molecule has 0 fully saturated rings. The van der Waals surface area contributed by atoms with E-state index in [9.17, 15) is 13.2 Å². The molecule has 3 aromatic rings. The summed E-state index contributed by atoms with van der Waals surface area (Å²) in [4.78, 5) is 12.5. The maximum atomic E-state index is 12.8. The van der Waals surface area contributed by atoms with Crippen LogP contribution in [0.2, 0.25) is 0 Å². The number of hydrogen-bond acceptors (Lipinski definition) is 4. The molecule has 156 valence electrons. The van der Waals surface area contributed by atoms with Crippen LogP contribution in [-0.2, 0) is 14.8 Å². The van der Waals surface area contributed by atoms with Crippen LogP contribution in [-0.4, -0.2) is 27.5 Å². The molecule has 0 aromatic heterocycles. The summed E-state index contributed by atoms with van der Waals surface area (Å²) in [5.41, 5.74) is 2.16. The quantitative estimate of drug-likeness (QED) is 0.616. The van der Waals surface area contributed by atoms with Gasteiger partial charge in [0.1, 0.15) is 5.75 Å². The minimum Gasteiger partial charge on any atom is -0.481 e. The Balaban J connectivity index is 1.66. The Kier molecular flexibility index (Phi) is 6.42. The average Bonchev–Trinajstić information content (AvgIpc) is 2.75. The van der Waals surface area contributed by atoms with Gasteiger partial charge in [0.25, 0.3) is 15.9 Å². The fraction of sp³-hybridized carbons (Fsp3) is 0.174. The van der Waals surface area contributed by atoms with Gasteiger partial charge in [0.15, 0.2) is 6.10 Å². The van der Waals surface area contributed by atoms with E-state index in [0.29, 0.717) is 17.1 Å². The lowest BCUT2D eigenvalue weighted by Crippen LogP contribution is -2.30. The van der Waals surface area contributed by atoms with Crippen molar-refractivity contribution in [2.45, 2.75) is 24.8 Å². The van der Waals surface area contributed by atoms with Crippen LogP contribution in [0.1, 0.15) is 12.5 Å². The molecular weight excluding hydrogens is 400 g/mol. The third kappa shape index (κ3) is 4.99. The molecule has 0 saturated heterocycles. The highest BCUT2D eigenvalue weighted by Gasteiger charge is 2.21. The average molecular weight is 425 g/mol. The largest absolute Gasteiger partial charge is 0.481 e. The molecule has 0 saturated carbocycles. The first kappa shape index (κ1) is 21.4. The van der Waals surface area contributed by atoms with Crippen molar-refractivity contribution in [2.75, 3.05) is 16.7 Å². The van der Waals surface area contributed by atoms with E-state index in [1.807, 2.05) is 37.3 Å². The Labute approximate surface area is 177 Å². The van der Waals surface area contributed by atoms with E-state index < -0.39 is 16.1 Å². The number of sulfonamides is 1. The van der Waals surface area contributed by atoms with Crippen LogP contribution < -0.4 is 14.4 Å². The molecule has 3 aromatic carbocycles. The molecule has 1 amide bonds. The van der Waals surface area contributed by atoms with Crippen LogP contribution >= 0.6 is 0 Å². The van der Waals surface area contributed by atoms with Gasteiger partial charge in [-0.3, -0.25) is 9.10 Å². The second kappa shape index (κ2) is 9.00. The van der Waals surface area contributed by atoms with Crippen molar-refractivity contribution in [2.24, 2.45) is 0 Å². The number of ether oxygens (including phenoxy) is 1. The third-order valence-electron chi connectivity index (χ3n) is 4.60. The van der Waals surface area contributed by atoms with Crippen LogP contribution in [0.4, 0.5) is 11.4 Å². The molecule has 0 aliphatic carbocycles. The standard InChI is InChI=1S/C23H24N2O4S/c1-17-9-13-21(14-10-17)29-18(2)23(26)24-19-11-15-22(16-12-19)30(27,28)25(3)20-7-5-4-6-8-20/h4-16,18H,1-3H3,(H,24,26). The number of amides is 1. The molecule has 1 N–H and O–H groups in total. The molecule has 1 unspecified atom stereocenters. The second-order valence-corrected chi connectivity index (χ2v) is 8.86. The molecule has 0 aliphatic heterocycles. The van der Waals surface area contributed by atoms with Gasteiger partial charge < -0.3 is 10.1 Å². The number of aryl methyl sites for hydroxylation is 1. The van der Waals surface area contributed by atoms with Crippen molar-refractivity contribution in [3.05, 3.63) is 84.4 Å². The summed E-state index contributed by atoms with van der Waals surface area (Å²) >= 11 is 0. The number of nitrogens with zero attached hydrogens (tertiary/aromatic N) is 1. The number of carbonyl (C=O) groups is 1. The predicted molar refractivity (Wildman–Crippen MR) is 118 cm³/mol. The molecule has 6 nitrogen and oxygen atoms in total. The van der Waals surface area contributed by atoms with Crippen molar-refractivity contribution < 1.29 is 17.9 Å². The van der Waals surface area contributed by atoms with Crippen LogP contribution in [0.25, 0.3) is 0 Å². The molecular formula is C23H24N2O4S. The first-order chi connectivity index (χ1) is 14.3. The van der Waals surface area contributed by atoms with Gasteiger partial charge in [-0.05, 0) is 62.4 Å². The Morgan fingerprint density at radius 3 is 2.13 bits per heavy atom. The number of nitrogens with one attached hydrogen (secondary N) is 1. The topological polar surface area (TPSA) is 75.7 Å². The maximum Gasteiger partial charge on any atom is 0.265 e. The SMILES string of the molecule is Cc1ccc(OC(C)C(=O)Nc2ccc(S(=O)(=O)N(C)c3ccccc3)cc2)cc1. The number of hydrogen-bond donors (Lipinski definition) is 1. The van der Waals surface area contributed by atoms with E-state index in [1.54, 1.807) is 43.3 Å². The summed E-state index contributed by atoms with van der Waals surface area (Å²) in [6, 6.07) is 22.3. The predicted octanol–water partition coefficient (Wildman–Crippen LogP) is 4.23. The maximum absolute atomic E-state index is 12.8. The second-order valence-electron chi connectivity index (χ2n) is 6.89. The van der Waals surface area contributed by atoms with E-state index in [1.165, 1.54) is 23.5 Å². The number of rotatable bonds is 7. The number of benzene rings is 3. The third-order valence-corrected chi connectivity index (χ3v) is 6.40. The zero-order valence-corrected chi connectivity index (χ0v) is 17.9. The van der Waals surface area contributed by atoms with Gasteiger partial charge >= 0.3 is 0 Å². The van der Waals surface area contributed by atoms with Gasteiger partial charge in [-0.1, -0.05) is 35.9 Å². The van der Waals surface area contributed by atoms with E-state index in [0.717, 1.165) is 5.56 Å². The molecule has 30 heavy (non-hydrogen) atoms. The zero-order valence-electron chi connectivity index (χ0n) is 17.1. The molecule has 0 spiro atoms. The first-order valence-corrected chi connectivity index (χ1v) is 10.9. The van der Waals surface area contributed by atoms with E-state index in [2.05, 4.69) is 5.32 Å². The minimum atomic E-state index is -3.70. The Morgan fingerprint density at radius 2 is 1.53 bits per heavy atom. The van der Waals surface area contributed by atoms with Gasteiger partial charge in [-0.15, -0.1) is 0 Å². The molecule has 0 aliphatic rings. The van der Waals surface area contributed by atoms with Gasteiger partial charge in [0.2, 0.25) is 0 Å². The summed E-state index contributed by atoms with van der Waals surface area (Å²) in [7, 11) is -2.20. The number of carbonyl (C=O) groups excluding carboxylic acids is 1. The molecule has 3 rings (SSSR count). The summed E-state index contributed by atoms with van der Waals surface area (Å²) in [5.74, 6) is 0.279. The lowest BCUT2D eigenvalue weighted by molar-refractivity contribution is -0.122. The van der Waals surface area contributed by atoms with E-state index >= 15 is 0 Å². The van der Waals surface area contributed by atoms with Crippen molar-refractivity contribution >= 4 is 27.3 Å². The fourth-order valence-corrected chi connectivity index (χ4v) is 3.96. The summed E-state index contributed by atoms with van der Waals surface area (Å²) < 4.78 is 32.5. The first-order valence-electron chi connectivity index (χ1n) is 9.45. The van der Waals surface area contributed by atoms with Crippen LogP contribution in [0, 0.1) is 6.92 Å². The van der Waals surface area contributed by atoms with Crippen LogP contribution in [0.15, 0.2) is 83.8 Å². The van der Waals surface area contributed by atoms with Crippen molar-refractivity contribution in [1.29, 1.82) is 0 Å². The minimum absolute atomic E-state index is 0.135. The molecule has 0 radical (unpaired) electrons. The van der Waals surface area contributed by atoms with Gasteiger partial charge in [0.05, 0.1) is 10.6 Å². The molecule has 7 heteroatoms. The Hall–Kier alpha value is -3.32. The van der Waals surface area contributed by atoms with Crippen molar-refractivity contribution in [3.63, 3.8) is 0 Å². The molecule has 1 atom stereocenters. The monoisotopic (exact) mass is 424 g/mol. The Bertz CT molecular complexity index is 1100. The Morgan fingerprint density at radius 1 is 0.933 bits per heavy atom. The van der Waals surface area contributed by atoms with Gasteiger partial charge in [-0.25, -0.2) is 8.42 Å². The van der Waals surface area contributed by atoms with Gasteiger partial charge in [0, 0.05) is 12.7 Å². The lowest BCUT2D eigenvalue weighted by atomic mass is 10.2. The summed E-state index contributed by atoms with van der Waals surface area (Å²) in [6.07, 6.45) is -0.708. The number of anilines is 2. The van der Waals surface area contributed by atoms with Crippen molar-refractivity contribution in [1.82, 2.24) is 0 Å². The molecule has 0 bridgehead atoms. The van der Waals surface area contributed by atoms with E-state index in [4.69, 9.17) is 4.74 Å². The highest BCUT2D eigenvalue weighted by molar-refractivity contribution is 7.92. The summed E-state index contributed by atoms with van der Waals surface area (Å²) in [5, 5.41) is 2.74. The van der Waals surface area contributed by atoms with E-state index in [-0.39, 0.29) is 10.8 Å². The van der Waals surface area contributed by atoms with Gasteiger partial charge in [-0.2, -0.15) is 0 Å².